The van der Waals surface area contributed by atoms with E-state index in [1.807, 2.05) is 4.57 Å². The molecule has 9 heteroatoms. The van der Waals surface area contributed by atoms with Crippen LogP contribution in [0.25, 0.3) is 0 Å². The average molecular weight is 492 g/mol. The van der Waals surface area contributed by atoms with Crippen molar-refractivity contribution >= 4 is 29.9 Å². The van der Waals surface area contributed by atoms with Gasteiger partial charge in [0.1, 0.15) is 5.82 Å². The zero-order valence-corrected chi connectivity index (χ0v) is 18.9. The van der Waals surface area contributed by atoms with Gasteiger partial charge in [-0.3, -0.25) is 9.56 Å². The fraction of sp³-hybridized carbons (Fsp3) is 0.833. The van der Waals surface area contributed by atoms with Crippen LogP contribution in [-0.2, 0) is 24.2 Å². The highest BCUT2D eigenvalue weighted by Gasteiger charge is 2.24. The lowest BCUT2D eigenvalue weighted by Gasteiger charge is -2.21. The summed E-state index contributed by atoms with van der Waals surface area (Å²) in [4.78, 5) is 19.4. The Balaban J connectivity index is 0.00000261. The summed E-state index contributed by atoms with van der Waals surface area (Å²) < 4.78 is 8.73. The Morgan fingerprint density at radius 3 is 2.96 bits per heavy atom. The third-order valence-corrected chi connectivity index (χ3v) is 5.14. The molecule has 2 aliphatic heterocycles. The second kappa shape index (κ2) is 11.0. The lowest BCUT2D eigenvalue weighted by molar-refractivity contribution is 0.157. The van der Waals surface area contributed by atoms with E-state index >= 15 is 0 Å². The first-order valence-electron chi connectivity index (χ1n) is 9.91. The first kappa shape index (κ1) is 22.2. The molecule has 1 N–H and O–H groups in total. The number of rotatable bonds is 7. The standard InChI is InChI=1S/C18H32N6O2.HI/c1-3-19-17(22-12-8-15(13-22)14-26-2)20-9-6-11-24-18(25)23-10-5-4-7-16(23)21-24;/h15H,3-14H2,1-2H3,(H,19,20);1H. The zero-order valence-electron chi connectivity index (χ0n) is 16.5. The number of aromatic nitrogens is 3. The summed E-state index contributed by atoms with van der Waals surface area (Å²) in [6, 6.07) is 0. The van der Waals surface area contributed by atoms with E-state index in [4.69, 9.17) is 9.73 Å². The Bertz CT molecular complexity index is 671. The Morgan fingerprint density at radius 1 is 1.37 bits per heavy atom. The number of ether oxygens (including phenoxy) is 1. The van der Waals surface area contributed by atoms with Crippen LogP contribution >= 0.6 is 24.0 Å². The van der Waals surface area contributed by atoms with Gasteiger partial charge in [0.05, 0.1) is 6.61 Å². The third-order valence-electron chi connectivity index (χ3n) is 5.14. The monoisotopic (exact) mass is 492 g/mol. The van der Waals surface area contributed by atoms with E-state index in [0.717, 1.165) is 76.7 Å². The summed E-state index contributed by atoms with van der Waals surface area (Å²) in [5, 5.41) is 7.87. The van der Waals surface area contributed by atoms with E-state index in [0.29, 0.717) is 19.0 Å². The topological polar surface area (TPSA) is 76.7 Å². The maximum Gasteiger partial charge on any atom is 0.345 e. The van der Waals surface area contributed by atoms with Crippen molar-refractivity contribution in [3.8, 4) is 0 Å². The maximum absolute atomic E-state index is 12.3. The molecule has 0 bridgehead atoms. The van der Waals surface area contributed by atoms with Gasteiger partial charge in [0.2, 0.25) is 0 Å². The minimum Gasteiger partial charge on any atom is -0.384 e. The molecule has 27 heavy (non-hydrogen) atoms. The predicted molar refractivity (Wildman–Crippen MR) is 117 cm³/mol. The molecule has 1 unspecified atom stereocenters. The second-order valence-electron chi connectivity index (χ2n) is 7.18. The number of fused-ring (bicyclic) bond motifs is 1. The number of aliphatic imine (C=N–C) groups is 1. The number of aryl methyl sites for hydroxylation is 2. The summed E-state index contributed by atoms with van der Waals surface area (Å²) in [6.45, 7) is 7.92. The molecule has 0 radical (unpaired) electrons. The molecule has 0 aliphatic carbocycles. The summed E-state index contributed by atoms with van der Waals surface area (Å²) >= 11 is 0. The third kappa shape index (κ3) is 5.69. The van der Waals surface area contributed by atoms with E-state index < -0.39 is 0 Å². The van der Waals surface area contributed by atoms with Crippen molar-refractivity contribution < 1.29 is 4.74 Å². The normalized spacial score (nSPS) is 19.7. The lowest BCUT2D eigenvalue weighted by Crippen LogP contribution is -2.40. The molecule has 0 spiro atoms. The van der Waals surface area contributed by atoms with Crippen molar-refractivity contribution in [2.24, 2.45) is 10.9 Å². The molecule has 0 aromatic carbocycles. The largest absolute Gasteiger partial charge is 0.384 e. The number of nitrogens with zero attached hydrogens (tertiary/aromatic N) is 5. The van der Waals surface area contributed by atoms with E-state index in [1.54, 1.807) is 11.8 Å². The van der Waals surface area contributed by atoms with Crippen LogP contribution in [0.5, 0.6) is 0 Å². The molecular formula is C18H33IN6O2. The van der Waals surface area contributed by atoms with Gasteiger partial charge >= 0.3 is 5.69 Å². The second-order valence-corrected chi connectivity index (χ2v) is 7.18. The maximum atomic E-state index is 12.3. The Hall–Kier alpha value is -1.10. The van der Waals surface area contributed by atoms with Crippen LogP contribution in [0.2, 0.25) is 0 Å². The fourth-order valence-corrected chi connectivity index (χ4v) is 3.82. The molecule has 1 atom stereocenters. The molecule has 8 nitrogen and oxygen atoms in total. The van der Waals surface area contributed by atoms with Crippen LogP contribution in [-0.4, -0.2) is 65.1 Å². The number of hydrogen-bond donors (Lipinski definition) is 1. The minimum absolute atomic E-state index is 0. The first-order valence-corrected chi connectivity index (χ1v) is 9.91. The van der Waals surface area contributed by atoms with Gasteiger partial charge in [-0.05, 0) is 32.6 Å². The SMILES string of the molecule is CCNC(=NCCCn1nc2n(c1=O)CCCC2)N1CCC(COC)C1.I. The van der Waals surface area contributed by atoms with Crippen molar-refractivity contribution in [3.63, 3.8) is 0 Å². The van der Waals surface area contributed by atoms with Crippen molar-refractivity contribution in [1.82, 2.24) is 24.6 Å². The van der Waals surface area contributed by atoms with Crippen LogP contribution in [0, 0.1) is 5.92 Å². The van der Waals surface area contributed by atoms with Crippen molar-refractivity contribution in [2.75, 3.05) is 39.9 Å². The van der Waals surface area contributed by atoms with Gasteiger partial charge in [-0.1, -0.05) is 0 Å². The van der Waals surface area contributed by atoms with Gasteiger partial charge < -0.3 is 15.0 Å². The first-order chi connectivity index (χ1) is 12.7. The van der Waals surface area contributed by atoms with Crippen LogP contribution in [0.1, 0.15) is 38.4 Å². The van der Waals surface area contributed by atoms with Gasteiger partial charge in [-0.15, -0.1) is 24.0 Å². The fourth-order valence-electron chi connectivity index (χ4n) is 3.82. The number of likely N-dealkylation sites (tertiary alicyclic amines) is 1. The summed E-state index contributed by atoms with van der Waals surface area (Å²) in [5.41, 5.74) is 0.0394. The van der Waals surface area contributed by atoms with Gasteiger partial charge in [0.15, 0.2) is 5.96 Å². The van der Waals surface area contributed by atoms with Crippen molar-refractivity contribution in [2.45, 2.75) is 52.1 Å². The highest BCUT2D eigenvalue weighted by molar-refractivity contribution is 14.0. The van der Waals surface area contributed by atoms with Gasteiger partial charge in [-0.25, -0.2) is 9.48 Å². The summed E-state index contributed by atoms with van der Waals surface area (Å²) in [7, 11) is 1.76. The van der Waals surface area contributed by atoms with Crippen LogP contribution in [0.3, 0.4) is 0 Å². The summed E-state index contributed by atoms with van der Waals surface area (Å²) in [5.74, 6) is 2.50. The molecule has 0 amide bonds. The smallest absolute Gasteiger partial charge is 0.345 e. The molecule has 0 saturated carbocycles. The number of guanidine groups is 1. The molecule has 3 heterocycles. The zero-order chi connectivity index (χ0) is 18.4. The Morgan fingerprint density at radius 2 is 2.22 bits per heavy atom. The van der Waals surface area contributed by atoms with E-state index in [2.05, 4.69) is 22.2 Å². The van der Waals surface area contributed by atoms with E-state index in [9.17, 15) is 4.79 Å². The molecule has 154 valence electrons. The van der Waals surface area contributed by atoms with Gasteiger partial charge in [0, 0.05) is 58.7 Å². The van der Waals surface area contributed by atoms with Gasteiger partial charge in [-0.2, -0.15) is 5.10 Å². The quantitative estimate of drug-likeness (QED) is 0.269. The number of nitrogens with one attached hydrogen (secondary N) is 1. The number of hydrogen-bond acceptors (Lipinski definition) is 4. The van der Waals surface area contributed by atoms with Crippen LogP contribution < -0.4 is 11.0 Å². The molecule has 1 fully saturated rings. The molecule has 3 rings (SSSR count). The van der Waals surface area contributed by atoms with Crippen LogP contribution in [0.15, 0.2) is 9.79 Å². The van der Waals surface area contributed by atoms with E-state index in [1.165, 1.54) is 0 Å². The van der Waals surface area contributed by atoms with E-state index in [-0.39, 0.29) is 29.7 Å². The van der Waals surface area contributed by atoms with Crippen molar-refractivity contribution in [3.05, 3.63) is 16.3 Å². The highest BCUT2D eigenvalue weighted by atomic mass is 127. The van der Waals surface area contributed by atoms with Gasteiger partial charge in [0.25, 0.3) is 0 Å². The van der Waals surface area contributed by atoms with Crippen LogP contribution in [0.4, 0.5) is 0 Å². The molecule has 1 saturated heterocycles. The lowest BCUT2D eigenvalue weighted by atomic mass is 10.1. The predicted octanol–water partition coefficient (Wildman–Crippen LogP) is 1.32. The molecular weight excluding hydrogens is 459 g/mol. The Labute approximate surface area is 178 Å². The molecule has 1 aromatic rings. The average Bonchev–Trinajstić information content (AvgIpc) is 3.23. The number of halogens is 1. The summed E-state index contributed by atoms with van der Waals surface area (Å²) in [6.07, 6.45) is 5.10. The molecule has 2 aliphatic rings. The highest BCUT2D eigenvalue weighted by Crippen LogP contribution is 2.16. The number of methoxy groups -OCH3 is 1. The van der Waals surface area contributed by atoms with Crippen molar-refractivity contribution in [1.29, 1.82) is 0 Å². The molecule has 1 aromatic heterocycles. The Kier molecular flexibility index (Phi) is 9.07. The minimum atomic E-state index is 0.